The van der Waals surface area contributed by atoms with E-state index in [-0.39, 0.29) is 42.6 Å². The molecule has 4 rings (SSSR count). The first-order valence-electron chi connectivity index (χ1n) is 11.2. The van der Waals surface area contributed by atoms with Gasteiger partial charge >= 0.3 is 5.97 Å². The highest BCUT2D eigenvalue weighted by Gasteiger charge is 2.45. The third-order valence-electron chi connectivity index (χ3n) is 6.35. The van der Waals surface area contributed by atoms with Crippen LogP contribution in [0.5, 0.6) is 0 Å². The monoisotopic (exact) mass is 496 g/mol. The number of nitro groups is 1. The molecule has 2 aromatic rings. The van der Waals surface area contributed by atoms with Crippen molar-refractivity contribution in [3.63, 3.8) is 0 Å². The number of hydrogen-bond donors (Lipinski definition) is 1. The lowest BCUT2D eigenvalue weighted by Gasteiger charge is -2.39. The van der Waals surface area contributed by atoms with Crippen LogP contribution in [0.15, 0.2) is 71.6 Å². The zero-order valence-electron chi connectivity index (χ0n) is 19.3. The molecule has 0 fully saturated rings. The van der Waals surface area contributed by atoms with Gasteiger partial charge in [-0.2, -0.15) is 0 Å². The van der Waals surface area contributed by atoms with Crippen LogP contribution >= 0.6 is 11.6 Å². The Hall–Kier alpha value is -3.49. The van der Waals surface area contributed by atoms with Crippen molar-refractivity contribution in [2.75, 3.05) is 20.3 Å². The number of fused-ring (bicyclic) bond motifs is 1. The molecule has 2 aromatic carbocycles. The molecular formula is C26H25ClN2O6. The van der Waals surface area contributed by atoms with Gasteiger partial charge in [0.1, 0.15) is 12.4 Å². The SMILES string of the molecule is COCCOC(=O)C1=C(C)NC2=CC(c3ccccc3Cl)CC(=O)C2C1c1cccc([N+](=O)[O-])c1. The number of nitrogens with zero attached hydrogens (tertiary/aromatic N) is 1. The van der Waals surface area contributed by atoms with Crippen molar-refractivity contribution in [3.8, 4) is 0 Å². The molecule has 0 bridgehead atoms. The summed E-state index contributed by atoms with van der Waals surface area (Å²) in [4.78, 5) is 37.7. The van der Waals surface area contributed by atoms with Crippen molar-refractivity contribution in [2.24, 2.45) is 5.92 Å². The Labute approximate surface area is 207 Å². The van der Waals surface area contributed by atoms with Gasteiger partial charge in [0, 0.05) is 53.9 Å². The number of halogens is 1. The summed E-state index contributed by atoms with van der Waals surface area (Å²) in [6.07, 6.45) is 2.16. The molecule has 2 aliphatic rings. The summed E-state index contributed by atoms with van der Waals surface area (Å²) in [5.41, 5.74) is 2.67. The molecule has 0 aromatic heterocycles. The van der Waals surface area contributed by atoms with E-state index in [2.05, 4.69) is 5.32 Å². The van der Waals surface area contributed by atoms with Crippen molar-refractivity contribution in [1.29, 1.82) is 0 Å². The molecule has 0 saturated carbocycles. The number of nitro benzene ring substituents is 1. The second kappa shape index (κ2) is 10.4. The molecule has 0 spiro atoms. The summed E-state index contributed by atoms with van der Waals surface area (Å²) < 4.78 is 10.4. The summed E-state index contributed by atoms with van der Waals surface area (Å²) in [7, 11) is 1.50. The lowest BCUT2D eigenvalue weighted by molar-refractivity contribution is -0.384. The zero-order valence-corrected chi connectivity index (χ0v) is 20.1. The van der Waals surface area contributed by atoms with Gasteiger partial charge in [-0.1, -0.05) is 48.0 Å². The van der Waals surface area contributed by atoms with E-state index >= 15 is 0 Å². The third kappa shape index (κ3) is 4.99. The van der Waals surface area contributed by atoms with Gasteiger partial charge in [0.25, 0.3) is 5.69 Å². The van der Waals surface area contributed by atoms with Crippen LogP contribution in [-0.4, -0.2) is 37.0 Å². The number of hydrogen-bond acceptors (Lipinski definition) is 7. The summed E-state index contributed by atoms with van der Waals surface area (Å²) in [5, 5.41) is 15.3. The van der Waals surface area contributed by atoms with E-state index in [4.69, 9.17) is 21.1 Å². The van der Waals surface area contributed by atoms with Crippen LogP contribution in [0.4, 0.5) is 5.69 Å². The highest BCUT2D eigenvalue weighted by molar-refractivity contribution is 6.31. The van der Waals surface area contributed by atoms with Crippen LogP contribution in [-0.2, 0) is 19.1 Å². The number of Topliss-reactive ketones (excluding diaryl/α,β-unsaturated/α-hetero) is 1. The zero-order chi connectivity index (χ0) is 25.1. The summed E-state index contributed by atoms with van der Waals surface area (Å²) >= 11 is 6.40. The van der Waals surface area contributed by atoms with Crippen molar-refractivity contribution in [3.05, 3.63) is 97.8 Å². The Morgan fingerprint density at radius 3 is 2.66 bits per heavy atom. The van der Waals surface area contributed by atoms with Crippen molar-refractivity contribution >= 4 is 29.0 Å². The molecule has 0 amide bonds. The highest BCUT2D eigenvalue weighted by atomic mass is 35.5. The number of ketones is 1. The minimum Gasteiger partial charge on any atom is -0.460 e. The van der Waals surface area contributed by atoms with E-state index in [1.165, 1.54) is 19.2 Å². The molecule has 1 heterocycles. The molecule has 182 valence electrons. The number of benzene rings is 2. The molecule has 35 heavy (non-hydrogen) atoms. The van der Waals surface area contributed by atoms with Crippen molar-refractivity contribution in [1.82, 2.24) is 5.32 Å². The fourth-order valence-corrected chi connectivity index (χ4v) is 5.08. The van der Waals surface area contributed by atoms with E-state index in [0.29, 0.717) is 22.0 Å². The first kappa shape index (κ1) is 24.6. The van der Waals surface area contributed by atoms with E-state index in [1.807, 2.05) is 24.3 Å². The summed E-state index contributed by atoms with van der Waals surface area (Å²) in [6.45, 7) is 2.00. The third-order valence-corrected chi connectivity index (χ3v) is 6.69. The van der Waals surface area contributed by atoms with Crippen molar-refractivity contribution < 1.29 is 24.0 Å². The summed E-state index contributed by atoms with van der Waals surface area (Å²) in [6, 6.07) is 13.4. The fourth-order valence-electron chi connectivity index (χ4n) is 4.81. The largest absolute Gasteiger partial charge is 0.460 e. The van der Waals surface area contributed by atoms with Gasteiger partial charge in [0.05, 0.1) is 23.0 Å². The summed E-state index contributed by atoms with van der Waals surface area (Å²) in [5.74, 6) is -2.37. The minimum absolute atomic E-state index is 0.0453. The number of methoxy groups -OCH3 is 1. The average Bonchev–Trinajstić information content (AvgIpc) is 2.83. The maximum Gasteiger partial charge on any atom is 0.336 e. The fraction of sp³-hybridized carbons (Fsp3) is 0.308. The Morgan fingerprint density at radius 1 is 1.17 bits per heavy atom. The van der Waals surface area contributed by atoms with Crippen LogP contribution in [0.25, 0.3) is 0 Å². The molecule has 3 atom stereocenters. The number of esters is 1. The number of nitrogens with one attached hydrogen (secondary N) is 1. The van der Waals surface area contributed by atoms with Crippen LogP contribution in [0.3, 0.4) is 0 Å². The molecule has 0 radical (unpaired) electrons. The van der Waals surface area contributed by atoms with Gasteiger partial charge in [0.2, 0.25) is 0 Å². The molecule has 9 heteroatoms. The molecular weight excluding hydrogens is 472 g/mol. The Morgan fingerprint density at radius 2 is 1.94 bits per heavy atom. The number of allylic oxidation sites excluding steroid dienone is 3. The number of carbonyl (C=O) groups is 2. The lowest BCUT2D eigenvalue weighted by Crippen LogP contribution is -2.42. The van der Waals surface area contributed by atoms with Crippen LogP contribution < -0.4 is 5.32 Å². The predicted octanol–water partition coefficient (Wildman–Crippen LogP) is 4.66. The van der Waals surface area contributed by atoms with E-state index in [0.717, 1.165) is 5.56 Å². The first-order valence-corrected chi connectivity index (χ1v) is 11.6. The average molecular weight is 497 g/mol. The van der Waals surface area contributed by atoms with Gasteiger partial charge in [-0.15, -0.1) is 0 Å². The highest BCUT2D eigenvalue weighted by Crippen LogP contribution is 2.47. The molecule has 1 N–H and O–H groups in total. The minimum atomic E-state index is -0.739. The van der Waals surface area contributed by atoms with E-state index < -0.39 is 22.7 Å². The maximum atomic E-state index is 13.6. The number of rotatable bonds is 7. The first-order chi connectivity index (χ1) is 16.8. The van der Waals surface area contributed by atoms with Crippen LogP contribution in [0, 0.1) is 16.0 Å². The Kier molecular flexibility index (Phi) is 7.33. The molecule has 3 unspecified atom stereocenters. The molecule has 0 saturated heterocycles. The number of ether oxygens (including phenoxy) is 2. The standard InChI is InChI=1S/C26H25ClN2O6/c1-15-23(26(31)35-11-10-34-2)24(16-6-5-7-18(12-16)29(32)33)25-21(28-15)13-17(14-22(25)30)19-8-3-4-9-20(19)27/h3-9,12-13,17,24-25,28H,10-11,14H2,1-2H3. The second-order valence-corrected chi connectivity index (χ2v) is 8.93. The molecule has 8 nitrogen and oxygen atoms in total. The van der Waals surface area contributed by atoms with Crippen molar-refractivity contribution in [2.45, 2.75) is 25.2 Å². The van der Waals surface area contributed by atoms with Crippen LogP contribution in [0.2, 0.25) is 5.02 Å². The molecule has 1 aliphatic heterocycles. The number of non-ortho nitro benzene ring substituents is 1. The van der Waals surface area contributed by atoms with Crippen LogP contribution in [0.1, 0.15) is 36.3 Å². The topological polar surface area (TPSA) is 108 Å². The Bertz CT molecular complexity index is 1240. The lowest BCUT2D eigenvalue weighted by atomic mass is 9.68. The predicted molar refractivity (Wildman–Crippen MR) is 130 cm³/mol. The Balaban J connectivity index is 1.82. The second-order valence-electron chi connectivity index (χ2n) is 8.52. The van der Waals surface area contributed by atoms with Gasteiger partial charge < -0.3 is 14.8 Å². The molecule has 1 aliphatic carbocycles. The smallest absolute Gasteiger partial charge is 0.336 e. The number of carbonyl (C=O) groups excluding carboxylic acids is 2. The van der Waals surface area contributed by atoms with E-state index in [9.17, 15) is 19.7 Å². The normalized spacial score (nSPS) is 21.6. The maximum absolute atomic E-state index is 13.6. The van der Waals surface area contributed by atoms with E-state index in [1.54, 1.807) is 25.1 Å². The van der Waals surface area contributed by atoms with Gasteiger partial charge in [0.15, 0.2) is 0 Å². The van der Waals surface area contributed by atoms with Gasteiger partial charge in [-0.05, 0) is 24.1 Å². The van der Waals surface area contributed by atoms with Gasteiger partial charge in [-0.3, -0.25) is 14.9 Å². The quantitative estimate of drug-likeness (QED) is 0.257. The van der Waals surface area contributed by atoms with Gasteiger partial charge in [-0.25, -0.2) is 4.79 Å².